The molecule has 4 rings (SSSR count). The number of fused-ring (bicyclic) bond motifs is 1. The van der Waals surface area contributed by atoms with Crippen LogP contribution in [0.25, 0.3) is 6.08 Å². The predicted molar refractivity (Wildman–Crippen MR) is 91.7 cm³/mol. The highest BCUT2D eigenvalue weighted by atomic mass is 32.2. The molecule has 0 N–H and O–H groups in total. The van der Waals surface area contributed by atoms with E-state index in [1.807, 2.05) is 18.2 Å². The van der Waals surface area contributed by atoms with Crippen molar-refractivity contribution in [1.82, 2.24) is 9.21 Å². The molecule has 1 aromatic rings. The molecular weight excluding hydrogens is 344 g/mol. The molecule has 0 bridgehead atoms. The third-order valence-electron chi connectivity index (χ3n) is 4.67. The average molecular weight is 364 g/mol. The first-order chi connectivity index (χ1) is 12.0. The fourth-order valence-electron chi connectivity index (χ4n) is 3.03. The topological polar surface area (TPSA) is 76.2 Å². The Balaban J connectivity index is 1.34. The van der Waals surface area contributed by atoms with Gasteiger partial charge in [0, 0.05) is 32.3 Å². The number of carbonyl (C=O) groups is 1. The van der Waals surface area contributed by atoms with Gasteiger partial charge in [-0.1, -0.05) is 6.07 Å². The summed E-state index contributed by atoms with van der Waals surface area (Å²) in [6.45, 7) is 1.83. The molecule has 134 valence electrons. The molecule has 0 spiro atoms. The molecule has 1 amide bonds. The second kappa shape index (κ2) is 6.34. The first-order valence-electron chi connectivity index (χ1n) is 8.40. The van der Waals surface area contributed by atoms with Gasteiger partial charge in [0.05, 0.1) is 5.25 Å². The second-order valence-electron chi connectivity index (χ2n) is 6.41. The number of sulfonamides is 1. The third kappa shape index (κ3) is 3.36. The molecule has 25 heavy (non-hydrogen) atoms. The largest absolute Gasteiger partial charge is 0.454 e. The fraction of sp³-hybridized carbons (Fsp3) is 0.471. The summed E-state index contributed by atoms with van der Waals surface area (Å²) in [5.41, 5.74) is 0.854. The van der Waals surface area contributed by atoms with Crippen molar-refractivity contribution in [2.75, 3.05) is 33.0 Å². The van der Waals surface area contributed by atoms with E-state index in [1.54, 1.807) is 11.0 Å². The minimum atomic E-state index is -3.15. The molecule has 3 aliphatic rings. The van der Waals surface area contributed by atoms with Gasteiger partial charge in [-0.25, -0.2) is 8.42 Å². The molecule has 8 heteroatoms. The quantitative estimate of drug-likeness (QED) is 0.747. The van der Waals surface area contributed by atoms with Crippen LogP contribution in [0.1, 0.15) is 18.4 Å². The highest BCUT2D eigenvalue weighted by Gasteiger charge is 2.41. The van der Waals surface area contributed by atoms with Gasteiger partial charge >= 0.3 is 0 Å². The first kappa shape index (κ1) is 16.4. The lowest BCUT2D eigenvalue weighted by molar-refractivity contribution is -0.127. The molecule has 1 aromatic carbocycles. The Morgan fingerprint density at radius 3 is 2.52 bits per heavy atom. The van der Waals surface area contributed by atoms with Crippen LogP contribution < -0.4 is 9.47 Å². The number of ether oxygens (including phenoxy) is 2. The maximum absolute atomic E-state index is 12.3. The van der Waals surface area contributed by atoms with Crippen molar-refractivity contribution in [3.8, 4) is 11.5 Å². The van der Waals surface area contributed by atoms with Crippen molar-refractivity contribution < 1.29 is 22.7 Å². The molecule has 1 saturated carbocycles. The van der Waals surface area contributed by atoms with Crippen molar-refractivity contribution >= 4 is 22.0 Å². The van der Waals surface area contributed by atoms with E-state index in [0.29, 0.717) is 37.7 Å². The Bertz CT molecular complexity index is 808. The number of hydrogen-bond donors (Lipinski definition) is 0. The minimum absolute atomic E-state index is 0.110. The molecule has 1 saturated heterocycles. The fourth-order valence-corrected chi connectivity index (χ4v) is 4.86. The van der Waals surface area contributed by atoms with E-state index in [2.05, 4.69) is 0 Å². The van der Waals surface area contributed by atoms with Gasteiger partial charge in [-0.3, -0.25) is 4.79 Å². The summed E-state index contributed by atoms with van der Waals surface area (Å²) in [5, 5.41) is -0.194. The normalized spacial score (nSPS) is 21.0. The predicted octanol–water partition coefficient (Wildman–Crippen LogP) is 1.06. The number of rotatable bonds is 4. The van der Waals surface area contributed by atoms with Gasteiger partial charge < -0.3 is 14.4 Å². The molecule has 0 unspecified atom stereocenters. The van der Waals surface area contributed by atoms with E-state index in [4.69, 9.17) is 9.47 Å². The Labute approximate surface area is 146 Å². The summed E-state index contributed by atoms with van der Waals surface area (Å²) in [7, 11) is -3.15. The Morgan fingerprint density at radius 1 is 1.08 bits per heavy atom. The zero-order valence-corrected chi connectivity index (χ0v) is 14.6. The second-order valence-corrected chi connectivity index (χ2v) is 8.63. The maximum Gasteiger partial charge on any atom is 0.246 e. The lowest BCUT2D eigenvalue weighted by Crippen LogP contribution is -2.50. The van der Waals surface area contributed by atoms with Gasteiger partial charge in [0.25, 0.3) is 0 Å². The van der Waals surface area contributed by atoms with Gasteiger partial charge in [-0.2, -0.15) is 4.31 Å². The van der Waals surface area contributed by atoms with Crippen LogP contribution in [0, 0.1) is 0 Å². The average Bonchev–Trinajstić information content (AvgIpc) is 3.39. The zero-order valence-electron chi connectivity index (χ0n) is 13.8. The smallest absolute Gasteiger partial charge is 0.246 e. The van der Waals surface area contributed by atoms with E-state index >= 15 is 0 Å². The van der Waals surface area contributed by atoms with Crippen LogP contribution >= 0.6 is 0 Å². The van der Waals surface area contributed by atoms with Crippen LogP contribution in [-0.4, -0.2) is 61.8 Å². The standard InChI is InChI=1S/C17H20N2O5S/c20-17(6-2-13-1-5-15-16(11-13)24-12-23-15)18-7-9-19(10-8-18)25(21,22)14-3-4-14/h1-2,5-6,11,14H,3-4,7-10,12H2/b6-2+. The molecule has 0 aromatic heterocycles. The molecule has 2 aliphatic heterocycles. The van der Waals surface area contributed by atoms with Crippen molar-refractivity contribution in [2.24, 2.45) is 0 Å². The molecule has 7 nitrogen and oxygen atoms in total. The molecule has 1 aliphatic carbocycles. The summed E-state index contributed by atoms with van der Waals surface area (Å²) in [5.74, 6) is 1.27. The monoisotopic (exact) mass is 364 g/mol. The first-order valence-corrected chi connectivity index (χ1v) is 9.90. The van der Waals surface area contributed by atoms with Crippen LogP contribution in [0.3, 0.4) is 0 Å². The SMILES string of the molecule is O=C(/C=C/c1ccc2c(c1)OCO2)N1CCN(S(=O)(=O)C2CC2)CC1. The van der Waals surface area contributed by atoms with Gasteiger partial charge in [-0.05, 0) is 36.6 Å². The number of hydrogen-bond acceptors (Lipinski definition) is 5. The van der Waals surface area contributed by atoms with E-state index in [-0.39, 0.29) is 18.0 Å². The number of nitrogens with zero attached hydrogens (tertiary/aromatic N) is 2. The van der Waals surface area contributed by atoms with Crippen LogP contribution in [0.15, 0.2) is 24.3 Å². The summed E-state index contributed by atoms with van der Waals surface area (Å²) in [6.07, 6.45) is 4.78. The summed E-state index contributed by atoms with van der Waals surface area (Å²) >= 11 is 0. The van der Waals surface area contributed by atoms with Crippen LogP contribution in [0.5, 0.6) is 11.5 Å². The van der Waals surface area contributed by atoms with Crippen LogP contribution in [0.2, 0.25) is 0 Å². The molecule has 2 fully saturated rings. The van der Waals surface area contributed by atoms with Crippen molar-refractivity contribution in [3.63, 3.8) is 0 Å². The number of amides is 1. The number of carbonyl (C=O) groups excluding carboxylic acids is 1. The summed E-state index contributed by atoms with van der Waals surface area (Å²) in [6, 6.07) is 5.50. The number of piperazine rings is 1. The lowest BCUT2D eigenvalue weighted by atomic mass is 10.2. The van der Waals surface area contributed by atoms with E-state index in [1.165, 1.54) is 10.4 Å². The van der Waals surface area contributed by atoms with Crippen molar-refractivity contribution in [1.29, 1.82) is 0 Å². The van der Waals surface area contributed by atoms with Gasteiger partial charge in [0.1, 0.15) is 0 Å². The van der Waals surface area contributed by atoms with Crippen molar-refractivity contribution in [2.45, 2.75) is 18.1 Å². The van der Waals surface area contributed by atoms with E-state index in [9.17, 15) is 13.2 Å². The number of benzene rings is 1. The summed E-state index contributed by atoms with van der Waals surface area (Å²) < 4.78 is 36.5. The summed E-state index contributed by atoms with van der Waals surface area (Å²) in [4.78, 5) is 14.0. The van der Waals surface area contributed by atoms with E-state index in [0.717, 1.165) is 18.4 Å². The molecule has 2 heterocycles. The van der Waals surface area contributed by atoms with E-state index < -0.39 is 10.0 Å². The third-order valence-corrected chi connectivity index (χ3v) is 7.07. The molecule has 0 radical (unpaired) electrons. The van der Waals surface area contributed by atoms with Crippen LogP contribution in [0.4, 0.5) is 0 Å². The Kier molecular flexibility index (Phi) is 4.16. The minimum Gasteiger partial charge on any atom is -0.454 e. The van der Waals surface area contributed by atoms with Crippen LogP contribution in [-0.2, 0) is 14.8 Å². The maximum atomic E-state index is 12.3. The Morgan fingerprint density at radius 2 is 1.80 bits per heavy atom. The van der Waals surface area contributed by atoms with Gasteiger partial charge in [0.2, 0.25) is 22.7 Å². The zero-order chi connectivity index (χ0) is 17.4. The molecular formula is C17H20N2O5S. The van der Waals surface area contributed by atoms with Gasteiger partial charge in [-0.15, -0.1) is 0 Å². The Hall–Kier alpha value is -2.06. The van der Waals surface area contributed by atoms with Gasteiger partial charge in [0.15, 0.2) is 11.5 Å². The highest BCUT2D eigenvalue weighted by molar-refractivity contribution is 7.90. The van der Waals surface area contributed by atoms with Crippen molar-refractivity contribution in [3.05, 3.63) is 29.8 Å². The highest BCUT2D eigenvalue weighted by Crippen LogP contribution is 2.33. The lowest BCUT2D eigenvalue weighted by Gasteiger charge is -2.33. The molecule has 0 atom stereocenters.